The Labute approximate surface area is 184 Å². The van der Waals surface area contributed by atoms with Gasteiger partial charge in [-0.3, -0.25) is 9.59 Å². The van der Waals surface area contributed by atoms with Crippen molar-refractivity contribution in [3.05, 3.63) is 47.8 Å². The van der Waals surface area contributed by atoms with Gasteiger partial charge in [0.1, 0.15) is 0 Å². The van der Waals surface area contributed by atoms with Gasteiger partial charge in [-0.05, 0) is 17.3 Å². The zero-order valence-corrected chi connectivity index (χ0v) is 17.0. The van der Waals surface area contributed by atoms with Crippen LogP contribution in [0.2, 0.25) is 0 Å². The van der Waals surface area contributed by atoms with Gasteiger partial charge < -0.3 is 14.9 Å². The number of hydrogen-bond donors (Lipinski definition) is 1. The van der Waals surface area contributed by atoms with E-state index < -0.39 is 30.2 Å². The van der Waals surface area contributed by atoms with Gasteiger partial charge in [-0.1, -0.05) is 12.1 Å². The lowest BCUT2D eigenvalue weighted by Crippen LogP contribution is -2.49. The molecular formula is C19H17F3N8O3. The van der Waals surface area contributed by atoms with E-state index in [1.54, 1.807) is 4.90 Å². The van der Waals surface area contributed by atoms with Crippen molar-refractivity contribution in [2.75, 3.05) is 31.1 Å². The van der Waals surface area contributed by atoms with Gasteiger partial charge in [0.2, 0.25) is 11.8 Å². The summed E-state index contributed by atoms with van der Waals surface area (Å²) >= 11 is 0. The highest BCUT2D eigenvalue weighted by Gasteiger charge is 2.36. The summed E-state index contributed by atoms with van der Waals surface area (Å²) in [6, 6.07) is 4.73. The van der Waals surface area contributed by atoms with Crippen LogP contribution in [0.5, 0.6) is 0 Å². The fourth-order valence-corrected chi connectivity index (χ4v) is 3.34. The van der Waals surface area contributed by atoms with Crippen LogP contribution < -0.4 is 4.90 Å². The average Bonchev–Trinajstić information content (AvgIpc) is 3.26. The monoisotopic (exact) mass is 462 g/mol. The quantitative estimate of drug-likeness (QED) is 0.594. The third kappa shape index (κ3) is 4.88. The van der Waals surface area contributed by atoms with Gasteiger partial charge >= 0.3 is 12.1 Å². The average molecular weight is 462 g/mol. The van der Waals surface area contributed by atoms with Gasteiger partial charge in [-0.2, -0.15) is 18.0 Å². The maximum Gasteiger partial charge on any atom is 0.417 e. The molecule has 0 unspecified atom stereocenters. The van der Waals surface area contributed by atoms with E-state index in [4.69, 9.17) is 5.11 Å². The zero-order chi connectivity index (χ0) is 23.6. The number of halogens is 3. The minimum absolute atomic E-state index is 0.168. The van der Waals surface area contributed by atoms with Crippen LogP contribution in [-0.2, 0) is 17.5 Å². The lowest BCUT2D eigenvalue weighted by Gasteiger charge is -2.35. The zero-order valence-electron chi connectivity index (χ0n) is 17.0. The number of aliphatic carboxylic acids is 1. The lowest BCUT2D eigenvalue weighted by molar-refractivity contribution is -0.139. The van der Waals surface area contributed by atoms with E-state index in [1.165, 1.54) is 35.5 Å². The first-order valence-corrected chi connectivity index (χ1v) is 9.75. The summed E-state index contributed by atoms with van der Waals surface area (Å²) in [7, 11) is 0. The molecule has 1 saturated heterocycles. The number of nitrogens with zero attached hydrogens (tertiary/aromatic N) is 8. The Hall–Kier alpha value is -4.10. The molecule has 4 rings (SSSR count). The minimum Gasteiger partial charge on any atom is -0.480 e. The van der Waals surface area contributed by atoms with Crippen molar-refractivity contribution >= 4 is 17.8 Å². The molecule has 2 aromatic heterocycles. The largest absolute Gasteiger partial charge is 0.480 e. The first-order chi connectivity index (χ1) is 15.7. The van der Waals surface area contributed by atoms with E-state index in [9.17, 15) is 22.8 Å². The van der Waals surface area contributed by atoms with Crippen LogP contribution in [0.3, 0.4) is 0 Å². The molecule has 11 nitrogen and oxygen atoms in total. The molecule has 1 N–H and O–H groups in total. The molecule has 1 aromatic carbocycles. The van der Waals surface area contributed by atoms with Gasteiger partial charge in [-0.25, -0.2) is 9.97 Å². The summed E-state index contributed by atoms with van der Waals surface area (Å²) in [5, 5.41) is 20.1. The second kappa shape index (κ2) is 8.80. The Bertz CT molecular complexity index is 1160. The predicted octanol–water partition coefficient (Wildman–Crippen LogP) is 1.20. The van der Waals surface area contributed by atoms with E-state index in [0.717, 1.165) is 10.9 Å². The molecule has 0 radical (unpaired) electrons. The van der Waals surface area contributed by atoms with Gasteiger partial charge in [-0.15, -0.1) is 10.2 Å². The number of carbonyl (C=O) groups excluding carboxylic acids is 1. The summed E-state index contributed by atoms with van der Waals surface area (Å²) < 4.78 is 39.7. The highest BCUT2D eigenvalue weighted by Crippen LogP contribution is 2.32. The Balaban J connectivity index is 1.40. The first kappa shape index (κ1) is 22.1. The maximum absolute atomic E-state index is 13.2. The third-order valence-corrected chi connectivity index (χ3v) is 4.94. The lowest BCUT2D eigenvalue weighted by atomic mass is 10.1. The number of rotatable bonds is 5. The molecular weight excluding hydrogens is 445 g/mol. The van der Waals surface area contributed by atoms with Gasteiger partial charge in [0.05, 0.1) is 16.7 Å². The third-order valence-electron chi connectivity index (χ3n) is 4.94. The van der Waals surface area contributed by atoms with E-state index in [-0.39, 0.29) is 24.5 Å². The molecule has 1 amide bonds. The smallest absolute Gasteiger partial charge is 0.417 e. The van der Waals surface area contributed by atoms with Gasteiger partial charge in [0.15, 0.2) is 6.54 Å². The molecule has 14 heteroatoms. The number of hydrogen-bond acceptors (Lipinski definition) is 8. The van der Waals surface area contributed by atoms with Crippen LogP contribution in [0.4, 0.5) is 19.1 Å². The Kier molecular flexibility index (Phi) is 5.89. The first-order valence-electron chi connectivity index (χ1n) is 9.75. The molecule has 3 heterocycles. The molecule has 0 atom stereocenters. The molecule has 1 aliphatic heterocycles. The van der Waals surface area contributed by atoms with Crippen LogP contribution in [0.15, 0.2) is 36.7 Å². The van der Waals surface area contributed by atoms with E-state index >= 15 is 0 Å². The highest BCUT2D eigenvalue weighted by molar-refractivity contribution is 5.96. The summed E-state index contributed by atoms with van der Waals surface area (Å²) in [4.78, 5) is 36.0. The number of benzene rings is 1. The number of amides is 1. The van der Waals surface area contributed by atoms with Crippen molar-refractivity contribution in [1.82, 2.24) is 35.1 Å². The number of aromatic nitrogens is 6. The van der Waals surface area contributed by atoms with Gasteiger partial charge in [0.25, 0.3) is 5.91 Å². The van der Waals surface area contributed by atoms with E-state index in [0.29, 0.717) is 24.6 Å². The minimum atomic E-state index is -4.61. The SMILES string of the molecule is O=C(O)Cn1nnc(-c2cnc(N3CCN(C(=O)c4ccccc4C(F)(F)F)CC3)nc2)n1. The number of anilines is 1. The highest BCUT2D eigenvalue weighted by atomic mass is 19.4. The Morgan fingerprint density at radius 2 is 1.70 bits per heavy atom. The van der Waals surface area contributed by atoms with Crippen molar-refractivity contribution in [3.63, 3.8) is 0 Å². The second-order valence-electron chi connectivity index (χ2n) is 7.13. The van der Waals surface area contributed by atoms with Crippen LogP contribution in [0, 0.1) is 0 Å². The molecule has 3 aromatic rings. The van der Waals surface area contributed by atoms with Crippen LogP contribution >= 0.6 is 0 Å². The van der Waals surface area contributed by atoms with Crippen molar-refractivity contribution < 1.29 is 27.9 Å². The Morgan fingerprint density at radius 3 is 2.33 bits per heavy atom. The van der Waals surface area contributed by atoms with Crippen molar-refractivity contribution in [1.29, 1.82) is 0 Å². The van der Waals surface area contributed by atoms with Crippen molar-refractivity contribution in [3.8, 4) is 11.4 Å². The number of alkyl halides is 3. The molecule has 172 valence electrons. The van der Waals surface area contributed by atoms with Crippen molar-refractivity contribution in [2.24, 2.45) is 0 Å². The molecule has 0 aliphatic carbocycles. The molecule has 33 heavy (non-hydrogen) atoms. The van der Waals surface area contributed by atoms with E-state index in [2.05, 4.69) is 25.4 Å². The summed E-state index contributed by atoms with van der Waals surface area (Å²) in [5.41, 5.74) is -0.888. The summed E-state index contributed by atoms with van der Waals surface area (Å²) in [5.74, 6) is -1.24. The molecule has 1 aliphatic rings. The van der Waals surface area contributed by atoms with Crippen LogP contribution in [0.1, 0.15) is 15.9 Å². The number of piperazine rings is 1. The van der Waals surface area contributed by atoms with E-state index in [1.807, 2.05) is 0 Å². The number of carbonyl (C=O) groups is 2. The molecule has 0 bridgehead atoms. The Morgan fingerprint density at radius 1 is 1.03 bits per heavy atom. The molecule has 0 saturated carbocycles. The number of tetrazole rings is 1. The standard InChI is InChI=1S/C19H17F3N8O3/c20-19(21,22)14-4-2-1-3-13(14)17(33)28-5-7-29(8-6-28)18-23-9-12(10-24-18)16-25-27-30(26-16)11-15(31)32/h1-4,9-10H,5-8,11H2,(H,31,32). The molecule has 0 spiro atoms. The van der Waals surface area contributed by atoms with Crippen LogP contribution in [0.25, 0.3) is 11.4 Å². The fourth-order valence-electron chi connectivity index (χ4n) is 3.34. The number of carboxylic acid groups (broad SMARTS) is 1. The fraction of sp³-hybridized carbons (Fsp3) is 0.316. The topological polar surface area (TPSA) is 130 Å². The number of carboxylic acids is 1. The van der Waals surface area contributed by atoms with Crippen molar-refractivity contribution in [2.45, 2.75) is 12.7 Å². The molecule has 1 fully saturated rings. The van der Waals surface area contributed by atoms with Crippen LogP contribution in [-0.4, -0.2) is 78.2 Å². The normalized spacial score (nSPS) is 14.4. The summed E-state index contributed by atoms with van der Waals surface area (Å²) in [6.45, 7) is 0.670. The maximum atomic E-state index is 13.2. The second-order valence-corrected chi connectivity index (χ2v) is 7.13. The predicted molar refractivity (Wildman–Crippen MR) is 106 cm³/mol. The van der Waals surface area contributed by atoms with Gasteiger partial charge in [0, 0.05) is 38.6 Å². The summed E-state index contributed by atoms with van der Waals surface area (Å²) in [6.07, 6.45) is -1.69.